The maximum Gasteiger partial charge on any atom is 0.254 e. The van der Waals surface area contributed by atoms with Crippen LogP contribution in [0.2, 0.25) is 0 Å². The Hall–Kier alpha value is -3.90. The van der Waals surface area contributed by atoms with Crippen molar-refractivity contribution in [3.63, 3.8) is 0 Å². The molecule has 2 heterocycles. The molecule has 2 aliphatic heterocycles. The van der Waals surface area contributed by atoms with Crippen LogP contribution in [0.4, 0.5) is 0 Å². The quantitative estimate of drug-likeness (QED) is 0.507. The second kappa shape index (κ2) is 11.0. The minimum Gasteiger partial charge on any atom is -0.497 e. The fraction of sp³-hybridized carbons (Fsp3) is 0.290. The molecule has 0 N–H and O–H groups in total. The lowest BCUT2D eigenvalue weighted by Crippen LogP contribution is -2.52. The number of carbonyl (C=O) groups is 2. The molecule has 0 aromatic heterocycles. The molecule has 0 radical (unpaired) electrons. The predicted molar refractivity (Wildman–Crippen MR) is 146 cm³/mol. The first kappa shape index (κ1) is 24.8. The first-order chi connectivity index (χ1) is 18.1. The van der Waals surface area contributed by atoms with Gasteiger partial charge in [-0.05, 0) is 34.9 Å². The van der Waals surface area contributed by atoms with Crippen LogP contribution >= 0.6 is 0 Å². The molecule has 6 nitrogen and oxygen atoms in total. The standard InChI is InChI=1S/C31H33N3O3/c1-32-29(24-14-16-25(37-2)17-15-24)28(26-12-6-7-13-27(26)30(32)35)31(36)34-21-19-33(20-22-34)18-8-11-23-9-4-3-5-10-23/h3-17,28-29H,18-22H2,1-2H3/b11-8+/t28-,29+/m0/s1. The summed E-state index contributed by atoms with van der Waals surface area (Å²) in [5, 5.41) is 0. The Balaban J connectivity index is 1.34. The molecule has 1 fully saturated rings. The van der Waals surface area contributed by atoms with Gasteiger partial charge in [-0.2, -0.15) is 0 Å². The third-order valence-corrected chi connectivity index (χ3v) is 7.46. The maximum absolute atomic E-state index is 14.1. The zero-order chi connectivity index (χ0) is 25.8. The Morgan fingerprint density at radius 3 is 2.30 bits per heavy atom. The number of nitrogens with zero attached hydrogens (tertiary/aromatic N) is 3. The summed E-state index contributed by atoms with van der Waals surface area (Å²) in [6.07, 6.45) is 4.33. The number of fused-ring (bicyclic) bond motifs is 1. The van der Waals surface area contributed by atoms with Gasteiger partial charge in [0.15, 0.2) is 0 Å². The molecule has 6 heteroatoms. The molecule has 2 atom stereocenters. The summed E-state index contributed by atoms with van der Waals surface area (Å²) in [6.45, 7) is 3.84. The largest absolute Gasteiger partial charge is 0.497 e. The van der Waals surface area contributed by atoms with Crippen molar-refractivity contribution in [2.24, 2.45) is 0 Å². The zero-order valence-corrected chi connectivity index (χ0v) is 21.4. The Kier molecular flexibility index (Phi) is 7.37. The summed E-state index contributed by atoms with van der Waals surface area (Å²) in [7, 11) is 3.43. The van der Waals surface area contributed by atoms with E-state index in [0.717, 1.165) is 36.5 Å². The molecule has 0 spiro atoms. The van der Waals surface area contributed by atoms with Gasteiger partial charge >= 0.3 is 0 Å². The van der Waals surface area contributed by atoms with Gasteiger partial charge in [0.1, 0.15) is 5.75 Å². The number of ether oxygens (including phenoxy) is 1. The van der Waals surface area contributed by atoms with E-state index in [9.17, 15) is 9.59 Å². The van der Waals surface area contributed by atoms with Crippen LogP contribution in [0.25, 0.3) is 6.08 Å². The van der Waals surface area contributed by atoms with Crippen molar-refractivity contribution in [3.05, 3.63) is 107 Å². The van der Waals surface area contributed by atoms with E-state index in [4.69, 9.17) is 4.74 Å². The number of hydrogen-bond donors (Lipinski definition) is 0. The molecule has 0 aliphatic carbocycles. The first-order valence-electron chi connectivity index (χ1n) is 12.8. The van der Waals surface area contributed by atoms with Gasteiger partial charge in [0.25, 0.3) is 5.91 Å². The Morgan fingerprint density at radius 2 is 1.59 bits per heavy atom. The van der Waals surface area contributed by atoms with Crippen molar-refractivity contribution < 1.29 is 14.3 Å². The molecule has 190 valence electrons. The summed E-state index contributed by atoms with van der Waals surface area (Å²) < 4.78 is 5.33. The van der Waals surface area contributed by atoms with E-state index in [2.05, 4.69) is 29.2 Å². The molecule has 2 amide bonds. The molecule has 5 rings (SSSR count). The number of hydrogen-bond acceptors (Lipinski definition) is 4. The molecule has 0 saturated carbocycles. The van der Waals surface area contributed by atoms with E-state index >= 15 is 0 Å². The van der Waals surface area contributed by atoms with Crippen LogP contribution in [0, 0.1) is 0 Å². The number of rotatable bonds is 6. The number of likely N-dealkylation sites (N-methyl/N-ethyl adjacent to an activating group) is 1. The third-order valence-electron chi connectivity index (χ3n) is 7.46. The van der Waals surface area contributed by atoms with Crippen LogP contribution in [0.15, 0.2) is 84.9 Å². The van der Waals surface area contributed by atoms with E-state index < -0.39 is 5.92 Å². The summed E-state index contributed by atoms with van der Waals surface area (Å²) in [6, 6.07) is 25.1. The number of piperazine rings is 1. The van der Waals surface area contributed by atoms with Crippen molar-refractivity contribution in [3.8, 4) is 5.75 Å². The van der Waals surface area contributed by atoms with E-state index in [-0.39, 0.29) is 17.9 Å². The van der Waals surface area contributed by atoms with Gasteiger partial charge < -0.3 is 14.5 Å². The zero-order valence-electron chi connectivity index (χ0n) is 21.4. The monoisotopic (exact) mass is 495 g/mol. The van der Waals surface area contributed by atoms with Crippen molar-refractivity contribution in [1.82, 2.24) is 14.7 Å². The molecule has 3 aromatic rings. The predicted octanol–water partition coefficient (Wildman–Crippen LogP) is 4.46. The summed E-state index contributed by atoms with van der Waals surface area (Å²) >= 11 is 0. The lowest BCUT2D eigenvalue weighted by Gasteiger charge is -2.43. The summed E-state index contributed by atoms with van der Waals surface area (Å²) in [4.78, 5) is 33.4. The van der Waals surface area contributed by atoms with Crippen molar-refractivity contribution >= 4 is 17.9 Å². The molecule has 37 heavy (non-hydrogen) atoms. The highest BCUT2D eigenvalue weighted by Gasteiger charge is 2.44. The van der Waals surface area contributed by atoms with Gasteiger partial charge in [-0.1, -0.05) is 72.8 Å². The summed E-state index contributed by atoms with van der Waals surface area (Å²) in [5.41, 5.74) is 3.53. The fourth-order valence-corrected chi connectivity index (χ4v) is 5.41. The maximum atomic E-state index is 14.1. The number of amides is 2. The molecule has 0 bridgehead atoms. The van der Waals surface area contributed by atoms with Gasteiger partial charge in [0, 0.05) is 45.3 Å². The topological polar surface area (TPSA) is 53.1 Å². The van der Waals surface area contributed by atoms with E-state index in [0.29, 0.717) is 18.7 Å². The van der Waals surface area contributed by atoms with Gasteiger partial charge in [-0.15, -0.1) is 0 Å². The second-order valence-corrected chi connectivity index (χ2v) is 9.64. The van der Waals surface area contributed by atoms with Gasteiger partial charge in [-0.3, -0.25) is 14.5 Å². The van der Waals surface area contributed by atoms with Crippen LogP contribution in [-0.4, -0.2) is 73.4 Å². The van der Waals surface area contributed by atoms with Crippen LogP contribution in [0.3, 0.4) is 0 Å². The minimum absolute atomic E-state index is 0.0597. The van der Waals surface area contributed by atoms with Crippen LogP contribution < -0.4 is 4.74 Å². The average molecular weight is 496 g/mol. The fourth-order valence-electron chi connectivity index (χ4n) is 5.41. The van der Waals surface area contributed by atoms with Crippen molar-refractivity contribution in [2.75, 3.05) is 46.9 Å². The van der Waals surface area contributed by atoms with E-state index in [1.807, 2.05) is 71.6 Å². The molecule has 0 unspecified atom stereocenters. The van der Waals surface area contributed by atoms with Crippen molar-refractivity contribution in [2.45, 2.75) is 12.0 Å². The Bertz CT molecular complexity index is 1260. The third kappa shape index (κ3) is 5.16. The van der Waals surface area contributed by atoms with Gasteiger partial charge in [-0.25, -0.2) is 0 Å². The molecular formula is C31H33N3O3. The number of carbonyl (C=O) groups excluding carboxylic acids is 2. The minimum atomic E-state index is -0.461. The normalized spacial score (nSPS) is 20.2. The van der Waals surface area contributed by atoms with E-state index in [1.165, 1.54) is 5.56 Å². The van der Waals surface area contributed by atoms with E-state index in [1.54, 1.807) is 19.1 Å². The second-order valence-electron chi connectivity index (χ2n) is 9.64. The lowest BCUT2D eigenvalue weighted by molar-refractivity contribution is -0.136. The number of benzene rings is 3. The number of methoxy groups -OCH3 is 1. The summed E-state index contributed by atoms with van der Waals surface area (Å²) in [5.74, 6) is 0.300. The van der Waals surface area contributed by atoms with Gasteiger partial charge in [0.05, 0.1) is 19.1 Å². The molecule has 1 saturated heterocycles. The highest BCUT2D eigenvalue weighted by atomic mass is 16.5. The highest BCUT2D eigenvalue weighted by molar-refractivity contribution is 6.01. The van der Waals surface area contributed by atoms with Crippen LogP contribution in [0.5, 0.6) is 5.75 Å². The van der Waals surface area contributed by atoms with Crippen molar-refractivity contribution in [1.29, 1.82) is 0 Å². The molecule has 2 aliphatic rings. The highest BCUT2D eigenvalue weighted by Crippen LogP contribution is 2.43. The smallest absolute Gasteiger partial charge is 0.254 e. The van der Waals surface area contributed by atoms with Crippen LogP contribution in [-0.2, 0) is 4.79 Å². The average Bonchev–Trinajstić information content (AvgIpc) is 2.95. The lowest BCUT2D eigenvalue weighted by atomic mass is 9.79. The van der Waals surface area contributed by atoms with Crippen LogP contribution in [0.1, 0.15) is 39.0 Å². The van der Waals surface area contributed by atoms with Gasteiger partial charge in [0.2, 0.25) is 5.91 Å². The Labute approximate surface area is 218 Å². The molecular weight excluding hydrogens is 462 g/mol. The Morgan fingerprint density at radius 1 is 0.919 bits per heavy atom. The SMILES string of the molecule is COc1ccc([C@@H]2[C@@H](C(=O)N3CCN(C/C=C/c4ccccc4)CC3)c3ccccc3C(=O)N2C)cc1. The first-order valence-corrected chi connectivity index (χ1v) is 12.8. The molecule has 3 aromatic carbocycles.